The van der Waals surface area contributed by atoms with Crippen LogP contribution in [0.25, 0.3) is 11.0 Å². The second-order valence-corrected chi connectivity index (χ2v) is 8.13. The van der Waals surface area contributed by atoms with Crippen molar-refractivity contribution in [3.05, 3.63) is 56.8 Å². The van der Waals surface area contributed by atoms with Crippen molar-refractivity contribution in [3.8, 4) is 6.07 Å². The second-order valence-electron chi connectivity index (χ2n) is 7.72. The monoisotopic (exact) mass is 458 g/mol. The molecule has 32 heavy (non-hydrogen) atoms. The minimum Gasteiger partial charge on any atom is -0.465 e. The maximum Gasteiger partial charge on any atom is 0.404 e. The summed E-state index contributed by atoms with van der Waals surface area (Å²) in [5.74, 6) is -0.0341. The van der Waals surface area contributed by atoms with Crippen LogP contribution in [-0.2, 0) is 13.6 Å². The summed E-state index contributed by atoms with van der Waals surface area (Å²) in [6.07, 6.45) is 1.56. The standard InChI is InChI=1S/C21H20ClFN6O3/c1-27-11-25-17-15(8-24)19(28-6-2-3-14(10-28)26-21(31)32)29(18(17)20(27)30)9-12-7-13(23)4-5-16(12)22/h4-5,7,11,14,26H,2-3,6,9-10H2,1H3,(H,31,32)/t14-/m1/s1. The molecule has 0 radical (unpaired) electrons. The van der Waals surface area contributed by atoms with E-state index in [0.717, 1.165) is 0 Å². The van der Waals surface area contributed by atoms with Gasteiger partial charge in [-0.15, -0.1) is 0 Å². The Hall–Kier alpha value is -3.58. The van der Waals surface area contributed by atoms with E-state index in [2.05, 4.69) is 16.4 Å². The van der Waals surface area contributed by atoms with E-state index in [1.165, 1.54) is 29.1 Å². The topological polar surface area (TPSA) is 116 Å². The number of fused-ring (bicyclic) bond motifs is 1. The highest BCUT2D eigenvalue weighted by Gasteiger charge is 2.30. The Morgan fingerprint density at radius 1 is 1.47 bits per heavy atom. The Bertz CT molecular complexity index is 1310. The van der Waals surface area contributed by atoms with Crippen molar-refractivity contribution >= 4 is 34.5 Å². The first-order chi connectivity index (χ1) is 15.3. The molecule has 4 rings (SSSR count). The molecule has 1 aliphatic heterocycles. The van der Waals surface area contributed by atoms with Gasteiger partial charge in [0.05, 0.1) is 12.9 Å². The fraction of sp³-hybridized carbons (Fsp3) is 0.333. The Balaban J connectivity index is 1.93. The van der Waals surface area contributed by atoms with Crippen molar-refractivity contribution in [3.63, 3.8) is 0 Å². The van der Waals surface area contributed by atoms with Gasteiger partial charge in [-0.05, 0) is 36.6 Å². The molecule has 1 fully saturated rings. The number of benzene rings is 1. The number of halogens is 2. The predicted molar refractivity (Wildman–Crippen MR) is 117 cm³/mol. The van der Waals surface area contributed by atoms with Crippen LogP contribution in [0.5, 0.6) is 0 Å². The van der Waals surface area contributed by atoms with Crippen LogP contribution in [0.4, 0.5) is 15.0 Å². The highest BCUT2D eigenvalue weighted by atomic mass is 35.5. The fourth-order valence-electron chi connectivity index (χ4n) is 4.18. The number of nitriles is 1. The molecule has 2 aromatic heterocycles. The molecule has 2 N–H and O–H groups in total. The first-order valence-electron chi connectivity index (χ1n) is 9.96. The van der Waals surface area contributed by atoms with Gasteiger partial charge in [-0.2, -0.15) is 5.26 Å². The van der Waals surface area contributed by atoms with E-state index < -0.39 is 11.9 Å². The van der Waals surface area contributed by atoms with Gasteiger partial charge in [0.1, 0.15) is 34.3 Å². The SMILES string of the molecule is Cn1cnc2c(C#N)c(N3CCC[C@@H](NC(=O)O)C3)n(Cc3cc(F)ccc3Cl)c2c1=O. The summed E-state index contributed by atoms with van der Waals surface area (Å²) in [5, 5.41) is 21.9. The Morgan fingerprint density at radius 2 is 2.25 bits per heavy atom. The summed E-state index contributed by atoms with van der Waals surface area (Å²) in [6, 6.07) is 5.78. The van der Waals surface area contributed by atoms with E-state index in [4.69, 9.17) is 16.7 Å². The number of anilines is 1. The van der Waals surface area contributed by atoms with Crippen molar-refractivity contribution in [2.24, 2.45) is 7.05 Å². The summed E-state index contributed by atoms with van der Waals surface area (Å²) in [6.45, 7) is 0.910. The van der Waals surface area contributed by atoms with Crippen molar-refractivity contribution in [1.29, 1.82) is 5.26 Å². The van der Waals surface area contributed by atoms with Crippen LogP contribution < -0.4 is 15.8 Å². The van der Waals surface area contributed by atoms with E-state index in [0.29, 0.717) is 42.3 Å². The number of aromatic nitrogens is 3. The average molecular weight is 459 g/mol. The Labute approximate surface area is 187 Å². The summed E-state index contributed by atoms with van der Waals surface area (Å²) in [7, 11) is 1.56. The number of rotatable bonds is 4. The number of carboxylic acid groups (broad SMARTS) is 1. The van der Waals surface area contributed by atoms with Gasteiger partial charge in [-0.1, -0.05) is 11.6 Å². The van der Waals surface area contributed by atoms with E-state index in [1.54, 1.807) is 11.6 Å². The van der Waals surface area contributed by atoms with Crippen molar-refractivity contribution < 1.29 is 14.3 Å². The molecule has 166 valence electrons. The zero-order valence-electron chi connectivity index (χ0n) is 17.2. The molecule has 3 heterocycles. The van der Waals surface area contributed by atoms with Crippen LogP contribution in [0.1, 0.15) is 24.0 Å². The lowest BCUT2D eigenvalue weighted by Crippen LogP contribution is -2.48. The highest BCUT2D eigenvalue weighted by Crippen LogP contribution is 2.33. The molecule has 0 bridgehead atoms. The molecule has 0 unspecified atom stereocenters. The number of carbonyl (C=O) groups is 1. The van der Waals surface area contributed by atoms with Crippen LogP contribution in [0.3, 0.4) is 0 Å². The lowest BCUT2D eigenvalue weighted by molar-refractivity contribution is 0.188. The maximum absolute atomic E-state index is 13.9. The molecular weight excluding hydrogens is 439 g/mol. The summed E-state index contributed by atoms with van der Waals surface area (Å²) < 4.78 is 16.9. The van der Waals surface area contributed by atoms with Crippen LogP contribution in [-0.4, -0.2) is 44.4 Å². The molecule has 0 saturated carbocycles. The van der Waals surface area contributed by atoms with Crippen LogP contribution in [0.15, 0.2) is 29.3 Å². The molecule has 1 atom stereocenters. The molecule has 9 nitrogen and oxygen atoms in total. The molecule has 1 amide bonds. The summed E-state index contributed by atoms with van der Waals surface area (Å²) in [4.78, 5) is 30.4. The molecule has 0 spiro atoms. The number of hydrogen-bond acceptors (Lipinski definition) is 5. The zero-order chi connectivity index (χ0) is 23.0. The predicted octanol–water partition coefficient (Wildman–Crippen LogP) is 2.68. The molecule has 3 aromatic rings. The number of hydrogen-bond donors (Lipinski definition) is 2. The molecule has 0 aliphatic carbocycles. The van der Waals surface area contributed by atoms with E-state index in [1.807, 2.05) is 4.90 Å². The zero-order valence-corrected chi connectivity index (χ0v) is 17.9. The molecule has 1 saturated heterocycles. The van der Waals surface area contributed by atoms with Crippen LogP contribution in [0, 0.1) is 17.1 Å². The first-order valence-corrected chi connectivity index (χ1v) is 10.3. The largest absolute Gasteiger partial charge is 0.465 e. The first kappa shape index (κ1) is 21.6. The fourth-order valence-corrected chi connectivity index (χ4v) is 4.36. The van der Waals surface area contributed by atoms with Crippen molar-refractivity contribution in [2.45, 2.75) is 25.4 Å². The quantitative estimate of drug-likeness (QED) is 0.621. The van der Waals surface area contributed by atoms with Gasteiger partial charge in [0.25, 0.3) is 5.56 Å². The Morgan fingerprint density at radius 3 is 2.97 bits per heavy atom. The normalized spacial score (nSPS) is 16.2. The number of piperidine rings is 1. The molecule has 11 heteroatoms. The molecule has 1 aromatic carbocycles. The summed E-state index contributed by atoms with van der Waals surface area (Å²) in [5.41, 5.74) is 0.739. The summed E-state index contributed by atoms with van der Waals surface area (Å²) >= 11 is 6.29. The smallest absolute Gasteiger partial charge is 0.404 e. The average Bonchev–Trinajstić information content (AvgIpc) is 3.07. The van der Waals surface area contributed by atoms with Gasteiger partial charge >= 0.3 is 6.09 Å². The number of amides is 1. The van der Waals surface area contributed by atoms with Crippen molar-refractivity contribution in [1.82, 2.24) is 19.4 Å². The Kier molecular flexibility index (Phi) is 5.76. The van der Waals surface area contributed by atoms with Crippen LogP contribution >= 0.6 is 11.6 Å². The highest BCUT2D eigenvalue weighted by molar-refractivity contribution is 6.31. The van der Waals surface area contributed by atoms with Gasteiger partial charge in [-0.25, -0.2) is 14.2 Å². The second kappa shape index (κ2) is 8.51. The minimum absolute atomic E-state index is 0.0402. The van der Waals surface area contributed by atoms with Gasteiger partial charge in [0, 0.05) is 31.2 Å². The number of aryl methyl sites for hydroxylation is 1. The third-order valence-corrected chi connectivity index (χ3v) is 5.96. The van der Waals surface area contributed by atoms with Gasteiger partial charge in [0.2, 0.25) is 0 Å². The lowest BCUT2D eigenvalue weighted by Gasteiger charge is -2.35. The third kappa shape index (κ3) is 3.87. The molecular formula is C21H20ClFN6O3. The minimum atomic E-state index is -1.13. The van der Waals surface area contributed by atoms with Gasteiger partial charge < -0.3 is 24.5 Å². The van der Waals surface area contributed by atoms with Crippen LogP contribution in [0.2, 0.25) is 5.02 Å². The van der Waals surface area contributed by atoms with E-state index in [-0.39, 0.29) is 34.7 Å². The van der Waals surface area contributed by atoms with E-state index >= 15 is 0 Å². The van der Waals surface area contributed by atoms with E-state index in [9.17, 15) is 19.2 Å². The maximum atomic E-state index is 13.9. The number of nitrogens with zero attached hydrogens (tertiary/aromatic N) is 5. The molecule has 1 aliphatic rings. The van der Waals surface area contributed by atoms with Gasteiger partial charge in [-0.3, -0.25) is 4.79 Å². The number of nitrogens with one attached hydrogen (secondary N) is 1. The van der Waals surface area contributed by atoms with Crippen molar-refractivity contribution in [2.75, 3.05) is 18.0 Å². The van der Waals surface area contributed by atoms with Gasteiger partial charge in [0.15, 0.2) is 0 Å². The third-order valence-electron chi connectivity index (χ3n) is 5.59. The lowest BCUT2D eigenvalue weighted by atomic mass is 10.1.